The lowest BCUT2D eigenvalue weighted by Gasteiger charge is -2.16. The largest absolute Gasteiger partial charge is 0.507 e. The molecule has 1 aromatic heterocycles. The molecule has 29 heavy (non-hydrogen) atoms. The highest BCUT2D eigenvalue weighted by Crippen LogP contribution is 2.50. The number of ether oxygens (including phenoxy) is 5. The van der Waals surface area contributed by atoms with Crippen LogP contribution in [0.4, 0.5) is 0 Å². The second-order valence-corrected chi connectivity index (χ2v) is 5.85. The first-order valence-electron chi connectivity index (χ1n) is 8.35. The summed E-state index contributed by atoms with van der Waals surface area (Å²) < 4.78 is 32.0. The van der Waals surface area contributed by atoms with E-state index in [4.69, 9.17) is 28.1 Å². The molecule has 0 atom stereocenters. The topological polar surface area (TPSA) is 117 Å². The molecule has 0 radical (unpaired) electrons. The van der Waals surface area contributed by atoms with Gasteiger partial charge in [-0.1, -0.05) is 0 Å². The van der Waals surface area contributed by atoms with E-state index in [0.717, 1.165) is 6.07 Å². The van der Waals surface area contributed by atoms with Crippen LogP contribution in [0.15, 0.2) is 27.4 Å². The minimum Gasteiger partial charge on any atom is -0.507 e. The fourth-order valence-corrected chi connectivity index (χ4v) is 3.06. The molecule has 3 rings (SSSR count). The molecule has 0 spiro atoms. The molecule has 0 aliphatic heterocycles. The number of phenolic OH excluding ortho intramolecular Hbond substituents is 2. The molecule has 0 amide bonds. The first-order chi connectivity index (χ1) is 13.9. The van der Waals surface area contributed by atoms with Crippen LogP contribution in [0.3, 0.4) is 0 Å². The maximum Gasteiger partial charge on any atom is 0.211 e. The van der Waals surface area contributed by atoms with Gasteiger partial charge >= 0.3 is 0 Å². The summed E-state index contributed by atoms with van der Waals surface area (Å²) in [6.07, 6.45) is 0. The molecule has 2 aromatic carbocycles. The van der Waals surface area contributed by atoms with E-state index in [2.05, 4.69) is 0 Å². The number of methoxy groups -OCH3 is 5. The van der Waals surface area contributed by atoms with Gasteiger partial charge in [-0.05, 0) is 6.07 Å². The van der Waals surface area contributed by atoms with Crippen LogP contribution >= 0.6 is 0 Å². The zero-order valence-corrected chi connectivity index (χ0v) is 16.5. The fraction of sp³-hybridized carbons (Fsp3) is 0.250. The van der Waals surface area contributed by atoms with Gasteiger partial charge in [0.1, 0.15) is 16.9 Å². The van der Waals surface area contributed by atoms with Crippen LogP contribution in [-0.4, -0.2) is 45.8 Å². The predicted molar refractivity (Wildman–Crippen MR) is 104 cm³/mol. The number of fused-ring (bicyclic) bond motifs is 1. The van der Waals surface area contributed by atoms with Gasteiger partial charge in [0.05, 0.1) is 41.1 Å². The molecule has 0 bridgehead atoms. The summed E-state index contributed by atoms with van der Waals surface area (Å²) in [7, 11) is 6.90. The van der Waals surface area contributed by atoms with E-state index in [9.17, 15) is 15.0 Å². The van der Waals surface area contributed by atoms with E-state index >= 15 is 0 Å². The van der Waals surface area contributed by atoms with Crippen molar-refractivity contribution in [2.75, 3.05) is 35.5 Å². The summed E-state index contributed by atoms with van der Waals surface area (Å²) in [5.74, 6) is 0.0409. The molecule has 0 saturated carbocycles. The van der Waals surface area contributed by atoms with Crippen molar-refractivity contribution in [1.82, 2.24) is 0 Å². The van der Waals surface area contributed by atoms with Gasteiger partial charge in [0.15, 0.2) is 28.3 Å². The zero-order valence-electron chi connectivity index (χ0n) is 16.5. The van der Waals surface area contributed by atoms with Gasteiger partial charge in [0.2, 0.25) is 17.2 Å². The van der Waals surface area contributed by atoms with Crippen molar-refractivity contribution in [1.29, 1.82) is 0 Å². The van der Waals surface area contributed by atoms with E-state index < -0.39 is 11.2 Å². The highest BCUT2D eigenvalue weighted by atomic mass is 16.5. The Kier molecular flexibility index (Phi) is 5.31. The van der Waals surface area contributed by atoms with Gasteiger partial charge in [0.25, 0.3) is 0 Å². The molecule has 3 aromatic rings. The number of aromatic hydroxyl groups is 2. The average molecular weight is 404 g/mol. The molecule has 1 heterocycles. The summed E-state index contributed by atoms with van der Waals surface area (Å²) in [5, 5.41) is 20.8. The summed E-state index contributed by atoms with van der Waals surface area (Å²) in [4.78, 5) is 12.8. The van der Waals surface area contributed by atoms with Crippen LogP contribution in [0.2, 0.25) is 0 Å². The first-order valence-corrected chi connectivity index (χ1v) is 8.35. The van der Waals surface area contributed by atoms with Crippen molar-refractivity contribution in [2.45, 2.75) is 0 Å². The number of rotatable bonds is 6. The van der Waals surface area contributed by atoms with Crippen LogP contribution in [0.1, 0.15) is 0 Å². The zero-order chi connectivity index (χ0) is 21.3. The Morgan fingerprint density at radius 3 is 1.90 bits per heavy atom. The number of benzene rings is 2. The van der Waals surface area contributed by atoms with Crippen molar-refractivity contribution in [3.05, 3.63) is 28.4 Å². The monoisotopic (exact) mass is 404 g/mol. The molecular weight excluding hydrogens is 384 g/mol. The van der Waals surface area contributed by atoms with E-state index in [-0.39, 0.29) is 45.3 Å². The Labute approximate surface area is 165 Å². The molecule has 0 unspecified atom stereocenters. The van der Waals surface area contributed by atoms with Crippen LogP contribution in [0.25, 0.3) is 22.3 Å². The SMILES string of the molecule is COc1cc(O)c(-c2cc(=O)c3c(O)c(OC)c(OC)c(OC)c3o2)cc1OC. The third-order valence-electron chi connectivity index (χ3n) is 4.40. The van der Waals surface area contributed by atoms with E-state index in [1.165, 1.54) is 47.7 Å². The molecule has 0 saturated heterocycles. The van der Waals surface area contributed by atoms with Crippen molar-refractivity contribution in [3.63, 3.8) is 0 Å². The predicted octanol–water partition coefficient (Wildman–Crippen LogP) is 2.91. The highest BCUT2D eigenvalue weighted by Gasteiger charge is 2.27. The molecule has 9 nitrogen and oxygen atoms in total. The Hall–Kier alpha value is -3.75. The second-order valence-electron chi connectivity index (χ2n) is 5.85. The quantitative estimate of drug-likeness (QED) is 0.639. The molecule has 0 aliphatic carbocycles. The van der Waals surface area contributed by atoms with Crippen LogP contribution in [0, 0.1) is 0 Å². The lowest BCUT2D eigenvalue weighted by molar-refractivity contribution is 0.311. The molecule has 0 fully saturated rings. The van der Waals surface area contributed by atoms with E-state index in [0.29, 0.717) is 11.5 Å². The summed E-state index contributed by atoms with van der Waals surface area (Å²) in [6.45, 7) is 0. The summed E-state index contributed by atoms with van der Waals surface area (Å²) in [5.41, 5.74) is -0.468. The Balaban J connectivity index is 2.40. The van der Waals surface area contributed by atoms with Gasteiger partial charge in [-0.2, -0.15) is 0 Å². The molecule has 2 N–H and O–H groups in total. The maximum atomic E-state index is 12.8. The van der Waals surface area contributed by atoms with Crippen LogP contribution in [-0.2, 0) is 0 Å². The standard InChI is InChI=1S/C20H20O9/c1-24-13-6-9(10(21)7-14(13)25-2)12-8-11(22)15-16(23)18(26-3)20(28-5)19(27-4)17(15)29-12/h6-8,21,23H,1-5H3. The summed E-state index contributed by atoms with van der Waals surface area (Å²) in [6, 6.07) is 3.93. The van der Waals surface area contributed by atoms with Crippen molar-refractivity contribution in [2.24, 2.45) is 0 Å². The third kappa shape index (κ3) is 3.10. The molecule has 9 heteroatoms. The van der Waals surface area contributed by atoms with Crippen molar-refractivity contribution in [3.8, 4) is 51.6 Å². The van der Waals surface area contributed by atoms with Crippen LogP contribution < -0.4 is 29.1 Å². The van der Waals surface area contributed by atoms with Gasteiger partial charge < -0.3 is 38.3 Å². The lowest BCUT2D eigenvalue weighted by atomic mass is 10.1. The second kappa shape index (κ2) is 7.70. The smallest absolute Gasteiger partial charge is 0.211 e. The lowest BCUT2D eigenvalue weighted by Crippen LogP contribution is -2.05. The third-order valence-corrected chi connectivity index (χ3v) is 4.40. The Morgan fingerprint density at radius 1 is 0.759 bits per heavy atom. The van der Waals surface area contributed by atoms with Crippen molar-refractivity contribution < 1.29 is 38.3 Å². The van der Waals surface area contributed by atoms with Crippen molar-refractivity contribution >= 4 is 11.0 Å². The minimum absolute atomic E-state index is 0.0193. The van der Waals surface area contributed by atoms with Gasteiger partial charge in [0, 0.05) is 12.1 Å². The summed E-state index contributed by atoms with van der Waals surface area (Å²) >= 11 is 0. The normalized spacial score (nSPS) is 10.7. The minimum atomic E-state index is -0.577. The van der Waals surface area contributed by atoms with Gasteiger partial charge in [-0.25, -0.2) is 0 Å². The molecule has 0 aliphatic rings. The highest BCUT2D eigenvalue weighted by molar-refractivity contribution is 5.95. The van der Waals surface area contributed by atoms with Gasteiger partial charge in [-0.15, -0.1) is 0 Å². The van der Waals surface area contributed by atoms with E-state index in [1.54, 1.807) is 0 Å². The number of hydrogen-bond acceptors (Lipinski definition) is 9. The number of phenols is 2. The number of hydrogen-bond donors (Lipinski definition) is 2. The van der Waals surface area contributed by atoms with Crippen LogP contribution in [0.5, 0.6) is 40.2 Å². The average Bonchev–Trinajstić information content (AvgIpc) is 2.72. The first kappa shape index (κ1) is 20.0. The Bertz CT molecular complexity index is 1130. The van der Waals surface area contributed by atoms with Gasteiger partial charge in [-0.3, -0.25) is 4.79 Å². The Morgan fingerprint density at radius 2 is 1.34 bits per heavy atom. The maximum absolute atomic E-state index is 12.8. The van der Waals surface area contributed by atoms with E-state index in [1.807, 2.05) is 0 Å². The molecular formula is C20H20O9. The molecule has 154 valence electrons. The fourth-order valence-electron chi connectivity index (χ4n) is 3.06.